The van der Waals surface area contributed by atoms with E-state index in [-0.39, 0.29) is 0 Å². The lowest BCUT2D eigenvalue weighted by Gasteiger charge is -2.36. The summed E-state index contributed by atoms with van der Waals surface area (Å²) in [6, 6.07) is 30.5. The first-order chi connectivity index (χ1) is 16.3. The molecule has 0 saturated carbocycles. The van der Waals surface area contributed by atoms with Gasteiger partial charge in [-0.1, -0.05) is 53.7 Å². The number of para-hydroxylation sites is 2. The quantitative estimate of drug-likeness (QED) is 0.342. The Labute approximate surface area is 195 Å². The van der Waals surface area contributed by atoms with Crippen LogP contribution in [-0.4, -0.2) is 42.8 Å². The van der Waals surface area contributed by atoms with Crippen molar-refractivity contribution in [3.8, 4) is 22.8 Å². The number of hydrogen-bond acceptors (Lipinski definition) is 5. The predicted molar refractivity (Wildman–Crippen MR) is 132 cm³/mol. The van der Waals surface area contributed by atoms with Gasteiger partial charge in [0.2, 0.25) is 0 Å². The summed E-state index contributed by atoms with van der Waals surface area (Å²) in [5, 5.41) is 4.29. The van der Waals surface area contributed by atoms with Crippen LogP contribution >= 0.6 is 0 Å². The summed E-state index contributed by atoms with van der Waals surface area (Å²) < 4.78 is 11.6. The lowest BCUT2D eigenvalue weighted by atomic mass is 10.1. The number of hydrogen-bond donors (Lipinski definition) is 0. The van der Waals surface area contributed by atoms with Crippen molar-refractivity contribution in [2.45, 2.75) is 12.8 Å². The molecular formula is C28H29N3O2. The molecule has 4 aromatic rings. The van der Waals surface area contributed by atoms with E-state index in [2.05, 4.69) is 51.4 Å². The van der Waals surface area contributed by atoms with Gasteiger partial charge >= 0.3 is 0 Å². The number of piperazine rings is 1. The van der Waals surface area contributed by atoms with Crippen LogP contribution in [-0.2, 0) is 6.42 Å². The first-order valence-electron chi connectivity index (χ1n) is 11.6. The highest BCUT2D eigenvalue weighted by Gasteiger charge is 2.17. The second-order valence-corrected chi connectivity index (χ2v) is 8.39. The van der Waals surface area contributed by atoms with E-state index in [1.165, 1.54) is 5.69 Å². The van der Waals surface area contributed by atoms with Crippen molar-refractivity contribution < 1.29 is 9.26 Å². The molecule has 0 aliphatic carbocycles. The molecule has 1 aromatic heterocycles. The van der Waals surface area contributed by atoms with Gasteiger partial charge in [-0.25, -0.2) is 0 Å². The van der Waals surface area contributed by atoms with Crippen molar-refractivity contribution in [1.82, 2.24) is 10.1 Å². The van der Waals surface area contributed by atoms with E-state index in [9.17, 15) is 0 Å². The van der Waals surface area contributed by atoms with Gasteiger partial charge in [0, 0.05) is 49.9 Å². The largest absolute Gasteiger partial charge is 0.457 e. The molecule has 1 aliphatic heterocycles. The molecule has 0 radical (unpaired) electrons. The molecular weight excluding hydrogens is 410 g/mol. The molecule has 3 aromatic carbocycles. The van der Waals surface area contributed by atoms with Crippen LogP contribution in [0.2, 0.25) is 0 Å². The van der Waals surface area contributed by atoms with Crippen molar-refractivity contribution in [3.05, 3.63) is 96.8 Å². The molecule has 5 nitrogen and oxygen atoms in total. The van der Waals surface area contributed by atoms with E-state index >= 15 is 0 Å². The lowest BCUT2D eigenvalue weighted by Crippen LogP contribution is -2.46. The number of rotatable bonds is 8. The minimum absolute atomic E-state index is 0.790. The maximum absolute atomic E-state index is 5.95. The predicted octanol–water partition coefficient (Wildman–Crippen LogP) is 5.89. The Balaban J connectivity index is 1.10. The Bertz CT molecular complexity index is 1140. The van der Waals surface area contributed by atoms with Gasteiger partial charge < -0.3 is 14.2 Å². The zero-order valence-electron chi connectivity index (χ0n) is 18.8. The van der Waals surface area contributed by atoms with Crippen molar-refractivity contribution in [3.63, 3.8) is 0 Å². The molecule has 2 heterocycles. The molecule has 0 atom stereocenters. The third-order valence-electron chi connectivity index (χ3n) is 6.06. The summed E-state index contributed by atoms with van der Waals surface area (Å²) in [7, 11) is 0. The maximum atomic E-state index is 5.95. The van der Waals surface area contributed by atoms with Crippen LogP contribution in [0.15, 0.2) is 95.5 Å². The van der Waals surface area contributed by atoms with Crippen LogP contribution in [0.3, 0.4) is 0 Å². The number of aromatic nitrogens is 1. The third-order valence-corrected chi connectivity index (χ3v) is 6.06. The number of ether oxygens (including phenoxy) is 1. The summed E-state index contributed by atoms with van der Waals surface area (Å²) in [6.07, 6.45) is 1.96. The van der Waals surface area contributed by atoms with Crippen LogP contribution in [0.1, 0.15) is 12.2 Å². The highest BCUT2D eigenvalue weighted by atomic mass is 16.5. The zero-order valence-corrected chi connectivity index (χ0v) is 18.8. The summed E-state index contributed by atoms with van der Waals surface area (Å²) >= 11 is 0. The number of benzene rings is 3. The summed E-state index contributed by atoms with van der Waals surface area (Å²) in [4.78, 5) is 5.01. The molecule has 168 valence electrons. The van der Waals surface area contributed by atoms with Gasteiger partial charge in [0.05, 0.1) is 0 Å². The highest BCUT2D eigenvalue weighted by molar-refractivity contribution is 5.61. The molecule has 1 saturated heterocycles. The molecule has 5 rings (SSSR count). The van der Waals surface area contributed by atoms with Crippen LogP contribution in [0.25, 0.3) is 11.3 Å². The fourth-order valence-electron chi connectivity index (χ4n) is 4.26. The Kier molecular flexibility index (Phi) is 6.68. The normalized spacial score (nSPS) is 14.4. The Morgan fingerprint density at radius 1 is 0.758 bits per heavy atom. The molecule has 5 heteroatoms. The second-order valence-electron chi connectivity index (χ2n) is 8.39. The zero-order chi connectivity index (χ0) is 22.3. The Morgan fingerprint density at radius 3 is 2.27 bits per heavy atom. The number of anilines is 1. The van der Waals surface area contributed by atoms with Crippen molar-refractivity contribution in [1.29, 1.82) is 0 Å². The van der Waals surface area contributed by atoms with Gasteiger partial charge in [-0.15, -0.1) is 0 Å². The van der Waals surface area contributed by atoms with Gasteiger partial charge in [-0.2, -0.15) is 0 Å². The number of nitrogens with zero attached hydrogens (tertiary/aromatic N) is 3. The standard InChI is InChI=1S/C28H29N3O2/c1-3-10-24(11-4-1)31-19-17-30(18-20-31)16-8-15-27-22-28(29-33-27)23-9-7-14-26(21-23)32-25-12-5-2-6-13-25/h1-7,9-14,21-22H,8,15-20H2. The van der Waals surface area contributed by atoms with Crippen LogP contribution in [0, 0.1) is 0 Å². The van der Waals surface area contributed by atoms with Gasteiger partial charge in [0.25, 0.3) is 0 Å². The lowest BCUT2D eigenvalue weighted by molar-refractivity contribution is 0.251. The van der Waals surface area contributed by atoms with E-state index in [0.717, 1.165) is 74.1 Å². The van der Waals surface area contributed by atoms with Crippen molar-refractivity contribution in [2.75, 3.05) is 37.6 Å². The van der Waals surface area contributed by atoms with Crippen LogP contribution < -0.4 is 9.64 Å². The van der Waals surface area contributed by atoms with E-state index in [4.69, 9.17) is 9.26 Å². The minimum Gasteiger partial charge on any atom is -0.457 e. The summed E-state index contributed by atoms with van der Waals surface area (Å²) in [6.45, 7) is 5.45. The fourth-order valence-corrected chi connectivity index (χ4v) is 4.26. The molecule has 0 bridgehead atoms. The average molecular weight is 440 g/mol. The molecule has 0 unspecified atom stereocenters. The van der Waals surface area contributed by atoms with Gasteiger partial charge in [-0.05, 0) is 49.4 Å². The fraction of sp³-hybridized carbons (Fsp3) is 0.250. The first-order valence-corrected chi connectivity index (χ1v) is 11.6. The van der Waals surface area contributed by atoms with Crippen LogP contribution in [0.4, 0.5) is 5.69 Å². The maximum Gasteiger partial charge on any atom is 0.137 e. The average Bonchev–Trinajstić information content (AvgIpc) is 3.35. The Hall–Kier alpha value is -3.57. The molecule has 1 fully saturated rings. The minimum atomic E-state index is 0.790. The van der Waals surface area contributed by atoms with E-state index < -0.39 is 0 Å². The Morgan fingerprint density at radius 2 is 1.48 bits per heavy atom. The second kappa shape index (κ2) is 10.4. The third kappa shape index (κ3) is 5.62. The van der Waals surface area contributed by atoms with Crippen LogP contribution in [0.5, 0.6) is 11.5 Å². The van der Waals surface area contributed by atoms with Gasteiger partial charge in [0.15, 0.2) is 0 Å². The highest BCUT2D eigenvalue weighted by Crippen LogP contribution is 2.27. The topological polar surface area (TPSA) is 41.7 Å². The van der Waals surface area contributed by atoms with E-state index in [1.807, 2.05) is 54.6 Å². The van der Waals surface area contributed by atoms with Crippen molar-refractivity contribution >= 4 is 5.69 Å². The monoisotopic (exact) mass is 439 g/mol. The smallest absolute Gasteiger partial charge is 0.137 e. The van der Waals surface area contributed by atoms with Gasteiger partial charge in [0.1, 0.15) is 23.0 Å². The molecule has 33 heavy (non-hydrogen) atoms. The first kappa shape index (κ1) is 21.3. The van der Waals surface area contributed by atoms with E-state index in [1.54, 1.807) is 0 Å². The van der Waals surface area contributed by atoms with Gasteiger partial charge in [-0.3, -0.25) is 4.90 Å². The molecule has 0 amide bonds. The molecule has 0 spiro atoms. The molecule has 1 aliphatic rings. The summed E-state index contributed by atoms with van der Waals surface area (Å²) in [5.74, 6) is 2.54. The summed E-state index contributed by atoms with van der Waals surface area (Å²) in [5.41, 5.74) is 3.17. The van der Waals surface area contributed by atoms with Crippen molar-refractivity contribution in [2.24, 2.45) is 0 Å². The van der Waals surface area contributed by atoms with E-state index in [0.29, 0.717) is 0 Å². The molecule has 0 N–H and O–H groups in total. The SMILES string of the molecule is c1ccc(Oc2cccc(-c3cc(CCCN4CCN(c5ccccc5)CC4)on3)c2)cc1. The number of aryl methyl sites for hydroxylation is 1.